The molecule has 1 N–H and O–H groups in total. The molecule has 0 radical (unpaired) electrons. The van der Waals surface area contributed by atoms with E-state index in [1.807, 2.05) is 6.92 Å². The minimum Gasteiger partial charge on any atom is -0.455 e. The fourth-order valence-electron chi connectivity index (χ4n) is 1.57. The molecule has 0 aliphatic heterocycles. The van der Waals surface area contributed by atoms with Gasteiger partial charge in [-0.3, -0.25) is 15.1 Å². The molecule has 98 valence electrons. The van der Waals surface area contributed by atoms with Crippen LogP contribution in [-0.2, 0) is 0 Å². The lowest BCUT2D eigenvalue weighted by molar-refractivity contribution is -0.384. The molecule has 2 aromatic rings. The number of ether oxygens (including phenoxy) is 1. The normalized spacial score (nSPS) is 9.95. The minimum absolute atomic E-state index is 0.00621. The van der Waals surface area contributed by atoms with Crippen molar-refractivity contribution >= 4 is 11.4 Å². The van der Waals surface area contributed by atoms with Crippen LogP contribution in [0.15, 0.2) is 42.7 Å². The molecule has 0 amide bonds. The fourth-order valence-corrected chi connectivity index (χ4v) is 1.57. The topological polar surface area (TPSA) is 77.3 Å². The molecule has 0 saturated carbocycles. The molecule has 0 aliphatic carbocycles. The lowest BCUT2D eigenvalue weighted by atomic mass is 10.3. The SMILES string of the molecule is CCNc1cncc(Oc2cccc([N+](=O)[O-])c2)c1. The third-order valence-electron chi connectivity index (χ3n) is 2.36. The minimum atomic E-state index is -0.458. The van der Waals surface area contributed by atoms with E-state index in [0.29, 0.717) is 11.5 Å². The van der Waals surface area contributed by atoms with Crippen LogP contribution < -0.4 is 10.1 Å². The maximum absolute atomic E-state index is 10.7. The van der Waals surface area contributed by atoms with E-state index in [-0.39, 0.29) is 5.69 Å². The van der Waals surface area contributed by atoms with Gasteiger partial charge in [0.05, 0.1) is 29.1 Å². The summed E-state index contributed by atoms with van der Waals surface area (Å²) in [7, 11) is 0. The first-order valence-electron chi connectivity index (χ1n) is 5.80. The maximum atomic E-state index is 10.7. The number of nitro groups is 1. The van der Waals surface area contributed by atoms with E-state index in [1.54, 1.807) is 30.6 Å². The molecule has 0 unspecified atom stereocenters. The van der Waals surface area contributed by atoms with Gasteiger partial charge in [0.2, 0.25) is 0 Å². The van der Waals surface area contributed by atoms with Crippen molar-refractivity contribution in [1.29, 1.82) is 0 Å². The Morgan fingerprint density at radius 2 is 2.16 bits per heavy atom. The fraction of sp³-hybridized carbons (Fsp3) is 0.154. The Bertz CT molecular complexity index is 587. The largest absolute Gasteiger partial charge is 0.455 e. The van der Waals surface area contributed by atoms with Crippen molar-refractivity contribution in [2.75, 3.05) is 11.9 Å². The highest BCUT2D eigenvalue weighted by molar-refractivity contribution is 5.47. The first-order valence-corrected chi connectivity index (χ1v) is 5.80. The molecule has 1 aromatic carbocycles. The summed E-state index contributed by atoms with van der Waals surface area (Å²) in [5, 5.41) is 13.8. The van der Waals surface area contributed by atoms with E-state index in [4.69, 9.17) is 4.74 Å². The molecule has 0 spiro atoms. The summed E-state index contributed by atoms with van der Waals surface area (Å²) in [6.07, 6.45) is 3.24. The summed E-state index contributed by atoms with van der Waals surface area (Å²) in [6, 6.07) is 7.82. The van der Waals surface area contributed by atoms with Gasteiger partial charge in [-0.1, -0.05) is 6.07 Å². The van der Waals surface area contributed by atoms with E-state index < -0.39 is 4.92 Å². The smallest absolute Gasteiger partial charge is 0.273 e. The van der Waals surface area contributed by atoms with Crippen molar-refractivity contribution in [1.82, 2.24) is 4.98 Å². The number of aromatic nitrogens is 1. The van der Waals surface area contributed by atoms with Crippen molar-refractivity contribution in [3.63, 3.8) is 0 Å². The number of rotatable bonds is 5. The number of nitrogens with zero attached hydrogens (tertiary/aromatic N) is 2. The highest BCUT2D eigenvalue weighted by Gasteiger charge is 2.07. The van der Waals surface area contributed by atoms with Crippen LogP contribution >= 0.6 is 0 Å². The molecule has 1 aromatic heterocycles. The summed E-state index contributed by atoms with van der Waals surface area (Å²) < 4.78 is 5.55. The number of pyridine rings is 1. The molecule has 1 heterocycles. The molecule has 0 atom stereocenters. The summed E-state index contributed by atoms with van der Waals surface area (Å²) in [6.45, 7) is 2.76. The number of hydrogen-bond donors (Lipinski definition) is 1. The third-order valence-corrected chi connectivity index (χ3v) is 2.36. The van der Waals surface area contributed by atoms with E-state index in [2.05, 4.69) is 10.3 Å². The number of nitrogens with one attached hydrogen (secondary N) is 1. The van der Waals surface area contributed by atoms with Gasteiger partial charge in [0, 0.05) is 18.7 Å². The number of hydrogen-bond acceptors (Lipinski definition) is 5. The lowest BCUT2D eigenvalue weighted by Gasteiger charge is -2.07. The highest BCUT2D eigenvalue weighted by Crippen LogP contribution is 2.26. The number of non-ortho nitro benzene ring substituents is 1. The Morgan fingerprint density at radius 1 is 1.32 bits per heavy atom. The first-order chi connectivity index (χ1) is 9.19. The van der Waals surface area contributed by atoms with Crippen molar-refractivity contribution in [3.8, 4) is 11.5 Å². The molecule has 2 rings (SSSR count). The number of benzene rings is 1. The maximum Gasteiger partial charge on any atom is 0.273 e. The average molecular weight is 259 g/mol. The van der Waals surface area contributed by atoms with Crippen LogP contribution in [0.2, 0.25) is 0 Å². The molecule has 0 saturated heterocycles. The van der Waals surface area contributed by atoms with Gasteiger partial charge in [-0.15, -0.1) is 0 Å². The zero-order valence-electron chi connectivity index (χ0n) is 10.4. The first kappa shape index (κ1) is 12.8. The molecule has 0 bridgehead atoms. The molecular weight excluding hydrogens is 246 g/mol. The second kappa shape index (κ2) is 5.81. The predicted molar refractivity (Wildman–Crippen MR) is 71.6 cm³/mol. The Morgan fingerprint density at radius 3 is 2.89 bits per heavy atom. The summed E-state index contributed by atoms with van der Waals surface area (Å²) in [5.74, 6) is 0.934. The van der Waals surface area contributed by atoms with E-state index in [9.17, 15) is 10.1 Å². The molecule has 19 heavy (non-hydrogen) atoms. The van der Waals surface area contributed by atoms with Crippen LogP contribution in [-0.4, -0.2) is 16.5 Å². The highest BCUT2D eigenvalue weighted by atomic mass is 16.6. The Balaban J connectivity index is 2.18. The van der Waals surface area contributed by atoms with Gasteiger partial charge in [-0.2, -0.15) is 0 Å². The zero-order chi connectivity index (χ0) is 13.7. The third kappa shape index (κ3) is 3.41. The second-order valence-corrected chi connectivity index (χ2v) is 3.80. The van der Waals surface area contributed by atoms with Gasteiger partial charge in [-0.05, 0) is 13.0 Å². The zero-order valence-corrected chi connectivity index (χ0v) is 10.4. The molecule has 0 aliphatic rings. The quantitative estimate of drug-likeness (QED) is 0.659. The lowest BCUT2D eigenvalue weighted by Crippen LogP contribution is -1.97. The van der Waals surface area contributed by atoms with Gasteiger partial charge in [0.25, 0.3) is 5.69 Å². The van der Waals surface area contributed by atoms with Gasteiger partial charge >= 0.3 is 0 Å². The molecular formula is C13H13N3O3. The van der Waals surface area contributed by atoms with Gasteiger partial charge < -0.3 is 10.1 Å². The van der Waals surface area contributed by atoms with E-state index in [0.717, 1.165) is 12.2 Å². The standard InChI is InChI=1S/C13H13N3O3/c1-2-15-10-6-13(9-14-8-10)19-12-5-3-4-11(7-12)16(17)18/h3-9,15H,2H2,1H3. The Hall–Kier alpha value is -2.63. The van der Waals surface area contributed by atoms with Crippen LogP contribution in [0.4, 0.5) is 11.4 Å². The van der Waals surface area contributed by atoms with E-state index in [1.165, 1.54) is 12.1 Å². The van der Waals surface area contributed by atoms with Gasteiger partial charge in [0.1, 0.15) is 11.5 Å². The van der Waals surface area contributed by atoms with Gasteiger partial charge in [0.15, 0.2) is 0 Å². The second-order valence-electron chi connectivity index (χ2n) is 3.80. The van der Waals surface area contributed by atoms with Crippen LogP contribution in [0.3, 0.4) is 0 Å². The Kier molecular flexibility index (Phi) is 3.92. The molecule has 6 nitrogen and oxygen atoms in total. The van der Waals surface area contributed by atoms with Crippen molar-refractivity contribution < 1.29 is 9.66 Å². The number of nitro benzene ring substituents is 1. The van der Waals surface area contributed by atoms with Crippen molar-refractivity contribution in [2.45, 2.75) is 6.92 Å². The van der Waals surface area contributed by atoms with Crippen molar-refractivity contribution in [2.24, 2.45) is 0 Å². The van der Waals surface area contributed by atoms with Crippen LogP contribution in [0, 0.1) is 10.1 Å². The van der Waals surface area contributed by atoms with Crippen LogP contribution in [0.5, 0.6) is 11.5 Å². The molecule has 6 heteroatoms. The summed E-state index contributed by atoms with van der Waals surface area (Å²) in [5.41, 5.74) is 0.832. The summed E-state index contributed by atoms with van der Waals surface area (Å²) >= 11 is 0. The average Bonchev–Trinajstić information content (AvgIpc) is 2.40. The molecule has 0 fully saturated rings. The predicted octanol–water partition coefficient (Wildman–Crippen LogP) is 3.21. The van der Waals surface area contributed by atoms with E-state index >= 15 is 0 Å². The monoisotopic (exact) mass is 259 g/mol. The Labute approximate surface area is 110 Å². The van der Waals surface area contributed by atoms with Crippen LogP contribution in [0.25, 0.3) is 0 Å². The summed E-state index contributed by atoms with van der Waals surface area (Å²) in [4.78, 5) is 14.2. The number of anilines is 1. The van der Waals surface area contributed by atoms with Crippen LogP contribution in [0.1, 0.15) is 6.92 Å². The van der Waals surface area contributed by atoms with Gasteiger partial charge in [-0.25, -0.2) is 0 Å². The van der Waals surface area contributed by atoms with Crippen molar-refractivity contribution in [3.05, 3.63) is 52.8 Å².